The fourth-order valence-corrected chi connectivity index (χ4v) is 2.98. The lowest BCUT2D eigenvalue weighted by Crippen LogP contribution is -2.07. The number of hydrogen-bond acceptors (Lipinski definition) is 3. The number of carbonyl (C=O) groups is 1. The van der Waals surface area contributed by atoms with E-state index >= 15 is 0 Å². The third-order valence-corrected chi connectivity index (χ3v) is 4.17. The van der Waals surface area contributed by atoms with Gasteiger partial charge in [0.2, 0.25) is 0 Å². The summed E-state index contributed by atoms with van der Waals surface area (Å²) < 4.78 is 0. The van der Waals surface area contributed by atoms with Crippen molar-refractivity contribution in [1.29, 1.82) is 0 Å². The molecule has 0 aliphatic heterocycles. The van der Waals surface area contributed by atoms with Gasteiger partial charge in [-0.3, -0.25) is 4.79 Å². The van der Waals surface area contributed by atoms with Gasteiger partial charge in [0.1, 0.15) is 5.78 Å². The highest BCUT2D eigenvalue weighted by atomic mass is 33.1. The first-order valence-corrected chi connectivity index (χ1v) is 6.42. The first kappa shape index (κ1) is 11.4. The van der Waals surface area contributed by atoms with E-state index in [1.165, 1.54) is 12.2 Å². The van der Waals surface area contributed by atoms with Gasteiger partial charge in [0.15, 0.2) is 0 Å². The van der Waals surface area contributed by atoms with E-state index in [1.54, 1.807) is 6.92 Å². The molecule has 0 rings (SSSR count). The first-order chi connectivity index (χ1) is 5.18. The molecule has 0 heterocycles. The van der Waals surface area contributed by atoms with E-state index in [0.29, 0.717) is 5.78 Å². The maximum Gasteiger partial charge on any atom is 0.133 e. The molecule has 0 saturated heterocycles. The summed E-state index contributed by atoms with van der Waals surface area (Å²) in [6.45, 7) is 5.82. The number of carbonyl (C=O) groups excluding carboxylic acids is 1. The zero-order chi connectivity index (χ0) is 8.69. The fourth-order valence-electron chi connectivity index (χ4n) is 0.410. The third-order valence-electron chi connectivity index (χ3n) is 1.38. The summed E-state index contributed by atoms with van der Waals surface area (Å²) in [5.74, 6) is 2.67. The Balaban J connectivity index is 3.17. The molecule has 1 nitrogen and oxygen atoms in total. The third kappa shape index (κ3) is 6.76. The van der Waals surface area contributed by atoms with Crippen LogP contribution in [-0.2, 0) is 4.79 Å². The second kappa shape index (κ2) is 7.04. The van der Waals surface area contributed by atoms with Gasteiger partial charge < -0.3 is 0 Å². The van der Waals surface area contributed by atoms with Crippen molar-refractivity contribution >= 4 is 27.4 Å². The molecule has 0 bridgehead atoms. The van der Waals surface area contributed by atoms with E-state index < -0.39 is 0 Å². The Hall–Kier alpha value is 0.370. The molecule has 0 aliphatic carbocycles. The largest absolute Gasteiger partial charge is 0.300 e. The van der Waals surface area contributed by atoms with E-state index in [-0.39, 0.29) is 5.92 Å². The molecule has 1 atom stereocenters. The van der Waals surface area contributed by atoms with Gasteiger partial charge >= 0.3 is 0 Å². The summed E-state index contributed by atoms with van der Waals surface area (Å²) in [6.07, 6.45) is 1.21. The lowest BCUT2D eigenvalue weighted by Gasteiger charge is -2.04. The Morgan fingerprint density at radius 2 is 2.09 bits per heavy atom. The predicted molar refractivity (Wildman–Crippen MR) is 55.1 cm³/mol. The minimum absolute atomic E-state index is 0.226. The summed E-state index contributed by atoms with van der Waals surface area (Å²) in [7, 11) is 3.67. The normalized spacial score (nSPS) is 13.0. The van der Waals surface area contributed by atoms with Gasteiger partial charge in [-0.1, -0.05) is 35.4 Å². The van der Waals surface area contributed by atoms with Crippen molar-refractivity contribution in [2.75, 3.05) is 11.5 Å². The van der Waals surface area contributed by atoms with E-state index in [1.807, 2.05) is 28.5 Å². The lowest BCUT2D eigenvalue weighted by atomic mass is 10.1. The quantitative estimate of drug-likeness (QED) is 0.476. The highest BCUT2D eigenvalue weighted by molar-refractivity contribution is 8.76. The summed E-state index contributed by atoms with van der Waals surface area (Å²) >= 11 is 0. The van der Waals surface area contributed by atoms with E-state index in [2.05, 4.69) is 6.92 Å². The van der Waals surface area contributed by atoms with E-state index in [9.17, 15) is 4.79 Å². The molecule has 0 fully saturated rings. The molecule has 11 heavy (non-hydrogen) atoms. The summed E-state index contributed by atoms with van der Waals surface area (Å²) in [5, 5.41) is 0. The Morgan fingerprint density at radius 3 is 2.55 bits per heavy atom. The first-order valence-electron chi connectivity index (χ1n) is 3.93. The van der Waals surface area contributed by atoms with Crippen LogP contribution in [0.1, 0.15) is 27.2 Å². The number of hydrogen-bond donors (Lipinski definition) is 0. The number of rotatable bonds is 6. The Kier molecular flexibility index (Phi) is 7.28. The van der Waals surface area contributed by atoms with Crippen molar-refractivity contribution in [2.45, 2.75) is 27.2 Å². The average Bonchev–Trinajstić information content (AvgIpc) is 1.97. The predicted octanol–water partition coefficient (Wildman–Crippen LogP) is 3.00. The zero-order valence-corrected chi connectivity index (χ0v) is 9.06. The van der Waals surface area contributed by atoms with Crippen LogP contribution < -0.4 is 0 Å². The minimum Gasteiger partial charge on any atom is -0.300 e. The van der Waals surface area contributed by atoms with Crippen molar-refractivity contribution in [3.63, 3.8) is 0 Å². The van der Waals surface area contributed by atoms with E-state index in [0.717, 1.165) is 5.75 Å². The van der Waals surface area contributed by atoms with Gasteiger partial charge in [-0.25, -0.2) is 0 Å². The van der Waals surface area contributed by atoms with Crippen molar-refractivity contribution < 1.29 is 4.79 Å². The second-order valence-corrected chi connectivity index (χ2v) is 5.25. The molecule has 0 aliphatic rings. The molecule has 0 saturated carbocycles. The van der Waals surface area contributed by atoms with Crippen LogP contribution in [0.15, 0.2) is 0 Å². The monoisotopic (exact) mass is 192 g/mol. The topological polar surface area (TPSA) is 17.1 Å². The second-order valence-electron chi connectivity index (χ2n) is 2.62. The summed E-state index contributed by atoms with van der Waals surface area (Å²) in [5.41, 5.74) is 0. The smallest absolute Gasteiger partial charge is 0.133 e. The van der Waals surface area contributed by atoms with E-state index in [4.69, 9.17) is 0 Å². The van der Waals surface area contributed by atoms with Gasteiger partial charge in [0, 0.05) is 17.4 Å². The van der Waals surface area contributed by atoms with Crippen molar-refractivity contribution in [3.8, 4) is 0 Å². The van der Waals surface area contributed by atoms with Crippen LogP contribution in [0.3, 0.4) is 0 Å². The number of Topliss-reactive ketones (excluding diaryl/α,β-unsaturated/α-hetero) is 1. The molecule has 66 valence electrons. The molecule has 0 radical (unpaired) electrons. The molecule has 0 aromatic rings. The van der Waals surface area contributed by atoms with Crippen LogP contribution in [0.2, 0.25) is 0 Å². The maximum atomic E-state index is 10.8. The van der Waals surface area contributed by atoms with Crippen LogP contribution in [0, 0.1) is 5.92 Å². The van der Waals surface area contributed by atoms with Gasteiger partial charge in [-0.05, 0) is 13.3 Å². The molecule has 0 N–H and O–H groups in total. The van der Waals surface area contributed by atoms with Crippen molar-refractivity contribution in [3.05, 3.63) is 0 Å². The zero-order valence-electron chi connectivity index (χ0n) is 7.42. The van der Waals surface area contributed by atoms with Crippen LogP contribution in [0.4, 0.5) is 0 Å². The molecule has 0 spiro atoms. The Morgan fingerprint density at radius 1 is 1.45 bits per heavy atom. The van der Waals surface area contributed by atoms with Crippen LogP contribution >= 0.6 is 21.6 Å². The molecular weight excluding hydrogens is 176 g/mol. The van der Waals surface area contributed by atoms with Gasteiger partial charge in [-0.2, -0.15) is 0 Å². The highest BCUT2D eigenvalue weighted by Gasteiger charge is 2.06. The van der Waals surface area contributed by atoms with Crippen LogP contribution in [0.5, 0.6) is 0 Å². The van der Waals surface area contributed by atoms with Crippen LogP contribution in [-0.4, -0.2) is 17.3 Å². The minimum atomic E-state index is 0.226. The molecule has 3 heteroatoms. The molecular formula is C8H16OS2. The summed E-state index contributed by atoms with van der Waals surface area (Å²) in [6, 6.07) is 0. The highest BCUT2D eigenvalue weighted by Crippen LogP contribution is 2.24. The Labute approximate surface area is 77.1 Å². The molecule has 1 unspecified atom stereocenters. The SMILES string of the molecule is CCCSSCC(C)C(C)=O. The standard InChI is InChI=1S/C8H16OS2/c1-4-5-10-11-6-7(2)8(3)9/h7H,4-6H2,1-3H3. The van der Waals surface area contributed by atoms with Crippen molar-refractivity contribution in [2.24, 2.45) is 5.92 Å². The number of ketones is 1. The van der Waals surface area contributed by atoms with Crippen molar-refractivity contribution in [1.82, 2.24) is 0 Å². The fraction of sp³-hybridized carbons (Fsp3) is 0.875. The lowest BCUT2D eigenvalue weighted by molar-refractivity contribution is -0.119. The van der Waals surface area contributed by atoms with Crippen LogP contribution in [0.25, 0.3) is 0 Å². The van der Waals surface area contributed by atoms with Gasteiger partial charge in [0.05, 0.1) is 0 Å². The maximum absolute atomic E-state index is 10.8. The average molecular weight is 192 g/mol. The molecule has 0 amide bonds. The Bertz CT molecular complexity index is 115. The summed E-state index contributed by atoms with van der Waals surface area (Å²) in [4.78, 5) is 10.8. The molecule has 0 aromatic heterocycles. The van der Waals surface area contributed by atoms with Gasteiger partial charge in [-0.15, -0.1) is 0 Å². The molecule has 0 aromatic carbocycles. The van der Waals surface area contributed by atoms with Gasteiger partial charge in [0.25, 0.3) is 0 Å².